The normalized spacial score (nSPS) is 16.8. The van der Waals surface area contributed by atoms with Crippen molar-refractivity contribution in [1.29, 1.82) is 0 Å². The van der Waals surface area contributed by atoms with Crippen LogP contribution in [0.2, 0.25) is 0 Å². The fourth-order valence-corrected chi connectivity index (χ4v) is 4.38. The van der Waals surface area contributed by atoms with E-state index in [0.717, 1.165) is 40.5 Å². The van der Waals surface area contributed by atoms with E-state index in [0.29, 0.717) is 12.4 Å². The molecule has 1 aromatic heterocycles. The summed E-state index contributed by atoms with van der Waals surface area (Å²) in [5, 5.41) is 3.52. The van der Waals surface area contributed by atoms with Crippen molar-refractivity contribution in [3.05, 3.63) is 70.5 Å². The Morgan fingerprint density at radius 3 is 2.93 bits per heavy atom. The van der Waals surface area contributed by atoms with Crippen molar-refractivity contribution in [2.24, 2.45) is 5.92 Å². The Morgan fingerprint density at radius 1 is 1.23 bits per heavy atom. The van der Waals surface area contributed by atoms with Crippen LogP contribution in [0.5, 0.6) is 5.75 Å². The van der Waals surface area contributed by atoms with E-state index < -0.39 is 0 Å². The minimum Gasteiger partial charge on any atom is -0.496 e. The second-order valence-electron chi connectivity index (χ2n) is 7.83. The topological polar surface area (TPSA) is 50.5 Å². The van der Waals surface area contributed by atoms with Crippen molar-refractivity contribution >= 4 is 15.9 Å². The van der Waals surface area contributed by atoms with E-state index in [-0.39, 0.29) is 0 Å². The summed E-state index contributed by atoms with van der Waals surface area (Å²) in [5.74, 6) is 2.10. The number of oxazole rings is 1. The summed E-state index contributed by atoms with van der Waals surface area (Å²) in [6, 6.07) is 16.6. The number of nitrogens with one attached hydrogen (secondary N) is 1. The van der Waals surface area contributed by atoms with Crippen LogP contribution < -0.4 is 10.1 Å². The molecule has 0 saturated carbocycles. The number of likely N-dealkylation sites (tertiary alicyclic amines) is 1. The molecule has 3 aromatic rings. The van der Waals surface area contributed by atoms with E-state index in [9.17, 15) is 0 Å². The standard InChI is InChI=1S/C24H28BrN3O2/c1-29-23-8-7-20(25)13-22(23)24-27-21(17-30-24)14-26-11-9-19-10-12-28(16-19)15-18-5-3-2-4-6-18/h2-8,13,17,19,26H,9-12,14-16H2,1H3/t19-/m1/s1. The molecule has 1 saturated heterocycles. The molecule has 30 heavy (non-hydrogen) atoms. The molecular formula is C24H28BrN3O2. The highest BCUT2D eigenvalue weighted by atomic mass is 79.9. The SMILES string of the molecule is COc1ccc(Br)cc1-c1nc(CNCC[C@@H]2CCN(Cc3ccccc3)C2)co1. The van der Waals surface area contributed by atoms with E-state index >= 15 is 0 Å². The van der Waals surface area contributed by atoms with E-state index in [1.165, 1.54) is 31.5 Å². The van der Waals surface area contributed by atoms with Crippen molar-refractivity contribution in [1.82, 2.24) is 15.2 Å². The number of hydrogen-bond acceptors (Lipinski definition) is 5. The van der Waals surface area contributed by atoms with Gasteiger partial charge in [-0.05, 0) is 55.6 Å². The Kier molecular flexibility index (Phi) is 7.20. The summed E-state index contributed by atoms with van der Waals surface area (Å²) < 4.78 is 12.1. The van der Waals surface area contributed by atoms with Gasteiger partial charge < -0.3 is 14.5 Å². The van der Waals surface area contributed by atoms with Crippen molar-refractivity contribution in [2.45, 2.75) is 25.9 Å². The molecule has 1 fully saturated rings. The highest BCUT2D eigenvalue weighted by Gasteiger charge is 2.22. The molecule has 1 N–H and O–H groups in total. The summed E-state index contributed by atoms with van der Waals surface area (Å²) in [6.45, 7) is 5.14. The zero-order chi connectivity index (χ0) is 20.8. The molecule has 4 rings (SSSR count). The summed E-state index contributed by atoms with van der Waals surface area (Å²) in [7, 11) is 1.65. The van der Waals surface area contributed by atoms with Crippen molar-refractivity contribution in [3.63, 3.8) is 0 Å². The number of nitrogens with zero attached hydrogens (tertiary/aromatic N) is 2. The van der Waals surface area contributed by atoms with Gasteiger partial charge in [-0.1, -0.05) is 46.3 Å². The van der Waals surface area contributed by atoms with Gasteiger partial charge in [0.15, 0.2) is 0 Å². The van der Waals surface area contributed by atoms with E-state index in [4.69, 9.17) is 9.15 Å². The van der Waals surface area contributed by atoms with Crippen molar-refractivity contribution in [2.75, 3.05) is 26.7 Å². The maximum atomic E-state index is 5.69. The van der Waals surface area contributed by atoms with Gasteiger partial charge in [-0.2, -0.15) is 0 Å². The Morgan fingerprint density at radius 2 is 2.10 bits per heavy atom. The second-order valence-corrected chi connectivity index (χ2v) is 8.75. The molecule has 0 bridgehead atoms. The molecular weight excluding hydrogens is 442 g/mol. The summed E-state index contributed by atoms with van der Waals surface area (Å²) in [5.41, 5.74) is 3.16. The molecule has 0 amide bonds. The Bertz CT molecular complexity index is 945. The lowest BCUT2D eigenvalue weighted by molar-refractivity contribution is 0.312. The fourth-order valence-electron chi connectivity index (χ4n) is 4.02. The summed E-state index contributed by atoms with van der Waals surface area (Å²) >= 11 is 3.49. The highest BCUT2D eigenvalue weighted by Crippen LogP contribution is 2.32. The Hall–Kier alpha value is -2.15. The quantitative estimate of drug-likeness (QED) is 0.441. The fraction of sp³-hybridized carbons (Fsp3) is 0.375. The summed E-state index contributed by atoms with van der Waals surface area (Å²) in [6.07, 6.45) is 4.20. The van der Waals surface area contributed by atoms with E-state index in [1.807, 2.05) is 18.2 Å². The zero-order valence-corrected chi connectivity index (χ0v) is 18.9. The average molecular weight is 470 g/mol. The third-order valence-electron chi connectivity index (χ3n) is 5.60. The van der Waals surface area contributed by atoms with Crippen LogP contribution in [0.4, 0.5) is 0 Å². The monoisotopic (exact) mass is 469 g/mol. The van der Waals surface area contributed by atoms with Crippen molar-refractivity contribution in [3.8, 4) is 17.2 Å². The third-order valence-corrected chi connectivity index (χ3v) is 6.09. The predicted molar refractivity (Wildman–Crippen MR) is 122 cm³/mol. The van der Waals surface area contributed by atoms with Gasteiger partial charge in [0, 0.05) is 24.1 Å². The van der Waals surface area contributed by atoms with Crippen LogP contribution >= 0.6 is 15.9 Å². The number of benzene rings is 2. The largest absolute Gasteiger partial charge is 0.496 e. The van der Waals surface area contributed by atoms with Crippen LogP contribution in [-0.2, 0) is 13.1 Å². The molecule has 158 valence electrons. The number of aromatic nitrogens is 1. The van der Waals surface area contributed by atoms with Gasteiger partial charge in [0.1, 0.15) is 12.0 Å². The number of ether oxygens (including phenoxy) is 1. The van der Waals surface area contributed by atoms with Gasteiger partial charge in [-0.3, -0.25) is 4.90 Å². The van der Waals surface area contributed by atoms with Crippen LogP contribution in [0.3, 0.4) is 0 Å². The van der Waals surface area contributed by atoms with Crippen LogP contribution in [0.1, 0.15) is 24.1 Å². The molecule has 0 aliphatic carbocycles. The lowest BCUT2D eigenvalue weighted by Gasteiger charge is -2.16. The predicted octanol–water partition coefficient (Wildman–Crippen LogP) is 5.11. The van der Waals surface area contributed by atoms with E-state index in [2.05, 4.69) is 61.5 Å². The van der Waals surface area contributed by atoms with Crippen LogP contribution in [-0.4, -0.2) is 36.6 Å². The molecule has 2 heterocycles. The molecule has 2 aromatic carbocycles. The number of rotatable bonds is 9. The first-order valence-corrected chi connectivity index (χ1v) is 11.3. The van der Waals surface area contributed by atoms with Crippen LogP contribution in [0, 0.1) is 5.92 Å². The maximum absolute atomic E-state index is 5.69. The number of methoxy groups -OCH3 is 1. The van der Waals surface area contributed by atoms with Gasteiger partial charge in [-0.15, -0.1) is 0 Å². The zero-order valence-electron chi connectivity index (χ0n) is 17.3. The molecule has 0 radical (unpaired) electrons. The molecule has 0 unspecified atom stereocenters. The number of halogens is 1. The van der Waals surface area contributed by atoms with Crippen molar-refractivity contribution < 1.29 is 9.15 Å². The first-order chi connectivity index (χ1) is 14.7. The first-order valence-electron chi connectivity index (χ1n) is 10.5. The lowest BCUT2D eigenvalue weighted by atomic mass is 10.1. The maximum Gasteiger partial charge on any atom is 0.229 e. The second kappa shape index (κ2) is 10.2. The molecule has 6 heteroatoms. The first kappa shape index (κ1) is 21.1. The highest BCUT2D eigenvalue weighted by molar-refractivity contribution is 9.10. The average Bonchev–Trinajstić information content (AvgIpc) is 3.41. The van der Waals surface area contributed by atoms with Gasteiger partial charge in [-0.25, -0.2) is 4.98 Å². The van der Waals surface area contributed by atoms with Gasteiger partial charge in [0.25, 0.3) is 0 Å². The molecule has 5 nitrogen and oxygen atoms in total. The third kappa shape index (κ3) is 5.50. The smallest absolute Gasteiger partial charge is 0.229 e. The Labute approximate surface area is 186 Å². The van der Waals surface area contributed by atoms with Crippen LogP contribution in [0.25, 0.3) is 11.5 Å². The number of hydrogen-bond donors (Lipinski definition) is 1. The minimum atomic E-state index is 0.581. The lowest BCUT2D eigenvalue weighted by Crippen LogP contribution is -2.22. The molecule has 1 atom stereocenters. The van der Waals surface area contributed by atoms with Gasteiger partial charge in [0.05, 0.1) is 18.4 Å². The van der Waals surface area contributed by atoms with Gasteiger partial charge >= 0.3 is 0 Å². The Balaban J connectivity index is 1.21. The molecule has 1 aliphatic heterocycles. The molecule has 1 aliphatic rings. The summed E-state index contributed by atoms with van der Waals surface area (Å²) in [4.78, 5) is 7.18. The van der Waals surface area contributed by atoms with Crippen LogP contribution in [0.15, 0.2) is 63.7 Å². The molecule has 0 spiro atoms. The minimum absolute atomic E-state index is 0.581. The van der Waals surface area contributed by atoms with Gasteiger partial charge in [0.2, 0.25) is 5.89 Å². The van der Waals surface area contributed by atoms with E-state index in [1.54, 1.807) is 13.4 Å².